The van der Waals surface area contributed by atoms with Gasteiger partial charge in [0.25, 0.3) is 0 Å². The van der Waals surface area contributed by atoms with Gasteiger partial charge in [0.1, 0.15) is 0 Å². The van der Waals surface area contributed by atoms with E-state index in [1.807, 2.05) is 17.3 Å². The van der Waals surface area contributed by atoms with E-state index in [0.717, 1.165) is 12.4 Å². The largest absolute Gasteiger partial charge is 0.358 e. The van der Waals surface area contributed by atoms with E-state index in [4.69, 9.17) is 0 Å². The molecule has 1 aromatic heterocycles. The van der Waals surface area contributed by atoms with Crippen molar-refractivity contribution in [2.45, 2.75) is 6.92 Å². The van der Waals surface area contributed by atoms with Crippen LogP contribution in [0.25, 0.3) is 0 Å². The average molecular weight is 143 g/mol. The SMILES string of the molecule is CCN(C)c1csnn1. The van der Waals surface area contributed by atoms with Crippen LogP contribution in [-0.4, -0.2) is 23.2 Å². The lowest BCUT2D eigenvalue weighted by atomic mass is 10.6. The molecule has 0 amide bonds. The van der Waals surface area contributed by atoms with Crippen molar-refractivity contribution < 1.29 is 0 Å². The Morgan fingerprint density at radius 1 is 1.78 bits per heavy atom. The minimum absolute atomic E-state index is 0.961. The molecule has 0 N–H and O–H groups in total. The third kappa shape index (κ3) is 1.38. The van der Waals surface area contributed by atoms with Gasteiger partial charge in [-0.3, -0.25) is 0 Å². The van der Waals surface area contributed by atoms with Crippen LogP contribution in [-0.2, 0) is 0 Å². The van der Waals surface area contributed by atoms with Gasteiger partial charge in [0.2, 0.25) is 0 Å². The molecule has 4 heteroatoms. The Hall–Kier alpha value is -0.640. The second-order valence-corrected chi connectivity index (χ2v) is 2.39. The molecule has 0 unspecified atom stereocenters. The van der Waals surface area contributed by atoms with Crippen LogP contribution >= 0.6 is 11.5 Å². The minimum Gasteiger partial charge on any atom is -0.358 e. The van der Waals surface area contributed by atoms with Crippen molar-refractivity contribution in [2.75, 3.05) is 18.5 Å². The highest BCUT2D eigenvalue weighted by atomic mass is 32.1. The van der Waals surface area contributed by atoms with E-state index in [2.05, 4.69) is 16.5 Å². The molecular weight excluding hydrogens is 134 g/mol. The summed E-state index contributed by atoms with van der Waals surface area (Å²) < 4.78 is 3.74. The van der Waals surface area contributed by atoms with Crippen molar-refractivity contribution in [2.24, 2.45) is 0 Å². The van der Waals surface area contributed by atoms with Gasteiger partial charge in [-0.2, -0.15) is 0 Å². The highest BCUT2D eigenvalue weighted by Crippen LogP contribution is 2.07. The fraction of sp³-hybridized carbons (Fsp3) is 0.600. The zero-order valence-corrected chi connectivity index (χ0v) is 6.35. The van der Waals surface area contributed by atoms with Crippen LogP contribution in [0.4, 0.5) is 5.82 Å². The molecule has 0 bridgehead atoms. The summed E-state index contributed by atoms with van der Waals surface area (Å²) in [6.45, 7) is 3.06. The highest BCUT2D eigenvalue weighted by molar-refractivity contribution is 7.03. The van der Waals surface area contributed by atoms with Gasteiger partial charge in [0.05, 0.1) is 5.38 Å². The van der Waals surface area contributed by atoms with Gasteiger partial charge in [-0.15, -0.1) is 5.10 Å². The summed E-state index contributed by atoms with van der Waals surface area (Å²) in [5.74, 6) is 0.961. The minimum atomic E-state index is 0.961. The standard InChI is InChI=1S/C5H9N3S/c1-3-8(2)5-4-9-7-6-5/h4H,3H2,1-2H3. The maximum Gasteiger partial charge on any atom is 0.163 e. The molecule has 50 valence electrons. The molecule has 9 heavy (non-hydrogen) atoms. The van der Waals surface area contributed by atoms with Crippen molar-refractivity contribution in [3.63, 3.8) is 0 Å². The van der Waals surface area contributed by atoms with Gasteiger partial charge in [0.15, 0.2) is 5.82 Å². The van der Waals surface area contributed by atoms with E-state index in [1.54, 1.807) is 0 Å². The van der Waals surface area contributed by atoms with Crippen molar-refractivity contribution in [1.29, 1.82) is 0 Å². The van der Waals surface area contributed by atoms with Gasteiger partial charge in [-0.25, -0.2) is 0 Å². The van der Waals surface area contributed by atoms with Crippen LogP contribution in [0.5, 0.6) is 0 Å². The third-order valence-electron chi connectivity index (χ3n) is 1.21. The molecule has 0 saturated carbocycles. The molecule has 0 aliphatic rings. The molecule has 3 nitrogen and oxygen atoms in total. The molecule has 0 aliphatic heterocycles. The lowest BCUT2D eigenvalue weighted by Gasteiger charge is -2.10. The van der Waals surface area contributed by atoms with E-state index in [9.17, 15) is 0 Å². The number of anilines is 1. The van der Waals surface area contributed by atoms with Gasteiger partial charge in [0, 0.05) is 13.6 Å². The topological polar surface area (TPSA) is 29.0 Å². The first-order valence-electron chi connectivity index (χ1n) is 2.82. The van der Waals surface area contributed by atoms with Gasteiger partial charge >= 0.3 is 0 Å². The normalized spacial score (nSPS) is 9.56. The smallest absolute Gasteiger partial charge is 0.163 e. The van der Waals surface area contributed by atoms with Crippen molar-refractivity contribution in [1.82, 2.24) is 9.59 Å². The molecule has 0 spiro atoms. The van der Waals surface area contributed by atoms with Crippen LogP contribution in [0.15, 0.2) is 5.38 Å². The quantitative estimate of drug-likeness (QED) is 0.618. The first-order valence-corrected chi connectivity index (χ1v) is 3.66. The Balaban J connectivity index is 2.65. The van der Waals surface area contributed by atoms with E-state index in [1.165, 1.54) is 11.5 Å². The average Bonchev–Trinajstić information content (AvgIpc) is 2.37. The number of aromatic nitrogens is 2. The predicted octanol–water partition coefficient (Wildman–Crippen LogP) is 0.994. The number of nitrogens with zero attached hydrogens (tertiary/aromatic N) is 3. The zero-order chi connectivity index (χ0) is 6.69. The first-order chi connectivity index (χ1) is 4.34. The zero-order valence-electron chi connectivity index (χ0n) is 5.53. The molecule has 0 atom stereocenters. The lowest BCUT2D eigenvalue weighted by Crippen LogP contribution is -2.15. The summed E-state index contributed by atoms with van der Waals surface area (Å²) in [7, 11) is 2.00. The summed E-state index contributed by atoms with van der Waals surface area (Å²) in [6.07, 6.45) is 0. The van der Waals surface area contributed by atoms with Crippen molar-refractivity contribution in [3.8, 4) is 0 Å². The van der Waals surface area contributed by atoms with E-state index in [0.29, 0.717) is 0 Å². The summed E-state index contributed by atoms with van der Waals surface area (Å²) in [5, 5.41) is 5.82. The predicted molar refractivity (Wildman–Crippen MR) is 38.9 cm³/mol. The summed E-state index contributed by atoms with van der Waals surface area (Å²) >= 11 is 1.38. The molecule has 0 radical (unpaired) electrons. The van der Waals surface area contributed by atoms with Crippen molar-refractivity contribution >= 4 is 17.4 Å². The lowest BCUT2D eigenvalue weighted by molar-refractivity contribution is 0.926. The van der Waals surface area contributed by atoms with E-state index >= 15 is 0 Å². The second-order valence-electron chi connectivity index (χ2n) is 1.78. The molecule has 0 saturated heterocycles. The molecule has 1 rings (SSSR count). The maximum atomic E-state index is 3.88. The van der Waals surface area contributed by atoms with E-state index in [-0.39, 0.29) is 0 Å². The Kier molecular flexibility index (Phi) is 2.00. The Morgan fingerprint density at radius 2 is 2.56 bits per heavy atom. The van der Waals surface area contributed by atoms with Crippen LogP contribution in [0.3, 0.4) is 0 Å². The highest BCUT2D eigenvalue weighted by Gasteiger charge is 1.97. The number of hydrogen-bond donors (Lipinski definition) is 0. The van der Waals surface area contributed by atoms with Crippen LogP contribution in [0.1, 0.15) is 6.92 Å². The fourth-order valence-electron chi connectivity index (χ4n) is 0.488. The first kappa shape index (κ1) is 6.48. The second kappa shape index (κ2) is 2.77. The van der Waals surface area contributed by atoms with Crippen molar-refractivity contribution in [3.05, 3.63) is 5.38 Å². The Bertz CT molecular complexity index is 161. The molecule has 1 heterocycles. The number of hydrogen-bond acceptors (Lipinski definition) is 4. The molecule has 0 aromatic carbocycles. The van der Waals surface area contributed by atoms with Gasteiger partial charge < -0.3 is 4.90 Å². The summed E-state index contributed by atoms with van der Waals surface area (Å²) in [4.78, 5) is 2.05. The summed E-state index contributed by atoms with van der Waals surface area (Å²) in [5.41, 5.74) is 0. The van der Waals surface area contributed by atoms with E-state index < -0.39 is 0 Å². The molecular formula is C5H9N3S. The monoisotopic (exact) mass is 143 g/mol. The van der Waals surface area contributed by atoms with Crippen LogP contribution in [0.2, 0.25) is 0 Å². The summed E-state index contributed by atoms with van der Waals surface area (Å²) in [6, 6.07) is 0. The molecule has 0 aliphatic carbocycles. The maximum absolute atomic E-state index is 3.88. The third-order valence-corrected chi connectivity index (χ3v) is 1.71. The van der Waals surface area contributed by atoms with Gasteiger partial charge in [-0.05, 0) is 18.5 Å². The van der Waals surface area contributed by atoms with Gasteiger partial charge in [-0.1, -0.05) is 4.49 Å². The van der Waals surface area contributed by atoms with Crippen LogP contribution in [0, 0.1) is 0 Å². The Labute approximate surface area is 58.5 Å². The van der Waals surface area contributed by atoms with Crippen LogP contribution < -0.4 is 4.90 Å². The molecule has 1 aromatic rings. The fourth-order valence-corrected chi connectivity index (χ4v) is 0.987. The number of rotatable bonds is 2. The molecule has 0 fully saturated rings. The Morgan fingerprint density at radius 3 is 3.00 bits per heavy atom.